The average Bonchev–Trinajstić information content (AvgIpc) is 2.45. The minimum absolute atomic E-state index is 0.102. The zero-order chi connectivity index (χ0) is 15.7. The third-order valence-electron chi connectivity index (χ3n) is 3.30. The number of carbonyl (C=O) groups is 2. The molecular formula is C16H23NO4. The van der Waals surface area contributed by atoms with Gasteiger partial charge in [-0.1, -0.05) is 31.9 Å². The van der Waals surface area contributed by atoms with Crippen molar-refractivity contribution in [3.05, 3.63) is 35.4 Å². The lowest BCUT2D eigenvalue weighted by atomic mass is 10.1. The van der Waals surface area contributed by atoms with Crippen LogP contribution in [0.3, 0.4) is 0 Å². The van der Waals surface area contributed by atoms with E-state index in [9.17, 15) is 9.59 Å². The molecule has 0 amide bonds. The fourth-order valence-electron chi connectivity index (χ4n) is 2.17. The summed E-state index contributed by atoms with van der Waals surface area (Å²) < 4.78 is 0. The summed E-state index contributed by atoms with van der Waals surface area (Å²) in [6.07, 6.45) is 3.35. The Morgan fingerprint density at radius 2 is 1.90 bits per heavy atom. The Morgan fingerprint density at radius 1 is 1.14 bits per heavy atom. The molecule has 0 atom stereocenters. The van der Waals surface area contributed by atoms with Crippen molar-refractivity contribution in [3.8, 4) is 0 Å². The summed E-state index contributed by atoms with van der Waals surface area (Å²) in [5, 5.41) is 17.8. The first-order valence-corrected chi connectivity index (χ1v) is 7.29. The second-order valence-corrected chi connectivity index (χ2v) is 5.13. The second-order valence-electron chi connectivity index (χ2n) is 5.13. The zero-order valence-electron chi connectivity index (χ0n) is 12.4. The van der Waals surface area contributed by atoms with Crippen LogP contribution in [0.2, 0.25) is 0 Å². The molecular weight excluding hydrogens is 270 g/mol. The smallest absolute Gasteiger partial charge is 0.335 e. The molecule has 2 N–H and O–H groups in total. The van der Waals surface area contributed by atoms with E-state index in [1.54, 1.807) is 18.2 Å². The third kappa shape index (κ3) is 6.90. The maximum absolute atomic E-state index is 11.0. The van der Waals surface area contributed by atoms with E-state index in [4.69, 9.17) is 10.2 Å². The van der Waals surface area contributed by atoms with Crippen LogP contribution in [0, 0.1) is 0 Å². The predicted octanol–water partition coefficient (Wildman–Crippen LogP) is 2.85. The van der Waals surface area contributed by atoms with Gasteiger partial charge >= 0.3 is 11.9 Å². The number of aromatic carboxylic acids is 1. The van der Waals surface area contributed by atoms with Gasteiger partial charge in [-0.3, -0.25) is 9.69 Å². The van der Waals surface area contributed by atoms with E-state index in [0.717, 1.165) is 31.4 Å². The molecule has 0 radical (unpaired) electrons. The van der Waals surface area contributed by atoms with E-state index in [-0.39, 0.29) is 12.0 Å². The summed E-state index contributed by atoms with van der Waals surface area (Å²) in [7, 11) is 0. The summed E-state index contributed by atoms with van der Waals surface area (Å²) in [6, 6.07) is 6.81. The summed E-state index contributed by atoms with van der Waals surface area (Å²) >= 11 is 0. The van der Waals surface area contributed by atoms with Gasteiger partial charge in [0.25, 0.3) is 0 Å². The first kappa shape index (κ1) is 17.2. The van der Waals surface area contributed by atoms with Gasteiger partial charge in [0, 0.05) is 13.1 Å². The predicted molar refractivity (Wildman–Crippen MR) is 80.5 cm³/mol. The maximum Gasteiger partial charge on any atom is 0.335 e. The van der Waals surface area contributed by atoms with Crippen molar-refractivity contribution in [3.63, 3.8) is 0 Å². The van der Waals surface area contributed by atoms with E-state index < -0.39 is 11.9 Å². The molecule has 5 nitrogen and oxygen atoms in total. The van der Waals surface area contributed by atoms with Crippen LogP contribution in [0.4, 0.5) is 0 Å². The molecule has 0 heterocycles. The summed E-state index contributed by atoms with van der Waals surface area (Å²) in [5.74, 6) is -1.75. The SMILES string of the molecule is CCCCCN(CCC(=O)O)Cc1cccc(C(=O)O)c1. The van der Waals surface area contributed by atoms with Crippen molar-refractivity contribution >= 4 is 11.9 Å². The molecule has 5 heteroatoms. The lowest BCUT2D eigenvalue weighted by Crippen LogP contribution is -2.27. The van der Waals surface area contributed by atoms with E-state index in [1.165, 1.54) is 0 Å². The van der Waals surface area contributed by atoms with Gasteiger partial charge in [-0.15, -0.1) is 0 Å². The first-order valence-electron chi connectivity index (χ1n) is 7.29. The van der Waals surface area contributed by atoms with Crippen LogP contribution < -0.4 is 0 Å². The standard InChI is InChI=1S/C16H23NO4/c1-2-3-4-9-17(10-8-15(18)19)12-13-6-5-7-14(11-13)16(20)21/h5-7,11H,2-4,8-10,12H2,1H3,(H,18,19)(H,20,21). The van der Waals surface area contributed by atoms with Crippen molar-refractivity contribution in [2.45, 2.75) is 39.2 Å². The molecule has 116 valence electrons. The lowest BCUT2D eigenvalue weighted by Gasteiger charge is -2.21. The van der Waals surface area contributed by atoms with Crippen molar-refractivity contribution in [1.29, 1.82) is 0 Å². The molecule has 0 saturated heterocycles. The molecule has 1 aromatic carbocycles. The lowest BCUT2D eigenvalue weighted by molar-refractivity contribution is -0.137. The second kappa shape index (κ2) is 9.13. The Kier molecular flexibility index (Phi) is 7.46. The molecule has 0 bridgehead atoms. The molecule has 21 heavy (non-hydrogen) atoms. The number of carboxylic acids is 2. The topological polar surface area (TPSA) is 77.8 Å². The summed E-state index contributed by atoms with van der Waals surface area (Å²) in [4.78, 5) is 23.8. The Labute approximate surface area is 125 Å². The maximum atomic E-state index is 11.0. The molecule has 1 aromatic rings. The Hall–Kier alpha value is -1.88. The minimum Gasteiger partial charge on any atom is -0.481 e. The van der Waals surface area contributed by atoms with Crippen molar-refractivity contribution in [1.82, 2.24) is 4.90 Å². The molecule has 0 unspecified atom stereocenters. The number of nitrogens with zero attached hydrogens (tertiary/aromatic N) is 1. The molecule has 0 aliphatic rings. The van der Waals surface area contributed by atoms with Crippen LogP contribution in [-0.2, 0) is 11.3 Å². The van der Waals surface area contributed by atoms with Crippen LogP contribution in [-0.4, -0.2) is 40.1 Å². The fourth-order valence-corrected chi connectivity index (χ4v) is 2.17. The zero-order valence-corrected chi connectivity index (χ0v) is 12.4. The van der Waals surface area contributed by atoms with Gasteiger partial charge < -0.3 is 10.2 Å². The number of hydrogen-bond donors (Lipinski definition) is 2. The molecule has 0 aliphatic carbocycles. The highest BCUT2D eigenvalue weighted by atomic mass is 16.4. The van der Waals surface area contributed by atoms with E-state index >= 15 is 0 Å². The normalized spacial score (nSPS) is 10.8. The average molecular weight is 293 g/mol. The minimum atomic E-state index is -0.945. The van der Waals surface area contributed by atoms with Gasteiger partial charge in [0.2, 0.25) is 0 Å². The van der Waals surface area contributed by atoms with Crippen LogP contribution in [0.25, 0.3) is 0 Å². The number of aliphatic carboxylic acids is 1. The van der Waals surface area contributed by atoms with Crippen LogP contribution in [0.15, 0.2) is 24.3 Å². The number of carboxylic acid groups (broad SMARTS) is 2. The largest absolute Gasteiger partial charge is 0.481 e. The van der Waals surface area contributed by atoms with Gasteiger partial charge in [0.15, 0.2) is 0 Å². The monoisotopic (exact) mass is 293 g/mol. The first-order chi connectivity index (χ1) is 10.0. The van der Waals surface area contributed by atoms with Crippen LogP contribution in [0.5, 0.6) is 0 Å². The van der Waals surface area contributed by atoms with E-state index in [1.807, 2.05) is 6.07 Å². The van der Waals surface area contributed by atoms with Crippen LogP contribution >= 0.6 is 0 Å². The van der Waals surface area contributed by atoms with Crippen molar-refractivity contribution in [2.24, 2.45) is 0 Å². The highest BCUT2D eigenvalue weighted by Gasteiger charge is 2.10. The molecule has 0 aliphatic heterocycles. The molecule has 0 fully saturated rings. The van der Waals surface area contributed by atoms with Crippen LogP contribution in [0.1, 0.15) is 48.5 Å². The molecule has 0 aromatic heterocycles. The molecule has 0 saturated carbocycles. The van der Waals surface area contributed by atoms with Gasteiger partial charge in [-0.2, -0.15) is 0 Å². The molecule has 1 rings (SSSR count). The summed E-state index contributed by atoms with van der Waals surface area (Å²) in [6.45, 7) is 4.02. The van der Waals surface area contributed by atoms with Gasteiger partial charge in [0.05, 0.1) is 12.0 Å². The Morgan fingerprint density at radius 3 is 2.52 bits per heavy atom. The fraction of sp³-hybridized carbons (Fsp3) is 0.500. The highest BCUT2D eigenvalue weighted by Crippen LogP contribution is 2.10. The number of unbranched alkanes of at least 4 members (excludes halogenated alkanes) is 2. The summed E-state index contributed by atoms with van der Waals surface area (Å²) in [5.41, 5.74) is 1.16. The van der Waals surface area contributed by atoms with E-state index in [2.05, 4.69) is 11.8 Å². The number of hydrogen-bond acceptors (Lipinski definition) is 3. The quantitative estimate of drug-likeness (QED) is 0.649. The van der Waals surface area contributed by atoms with Gasteiger partial charge in [-0.05, 0) is 30.7 Å². The highest BCUT2D eigenvalue weighted by molar-refractivity contribution is 5.87. The van der Waals surface area contributed by atoms with Crippen molar-refractivity contribution in [2.75, 3.05) is 13.1 Å². The third-order valence-corrected chi connectivity index (χ3v) is 3.30. The van der Waals surface area contributed by atoms with Gasteiger partial charge in [-0.25, -0.2) is 4.79 Å². The van der Waals surface area contributed by atoms with E-state index in [0.29, 0.717) is 13.1 Å². The van der Waals surface area contributed by atoms with Crippen molar-refractivity contribution < 1.29 is 19.8 Å². The number of rotatable bonds is 10. The van der Waals surface area contributed by atoms with Gasteiger partial charge in [0.1, 0.15) is 0 Å². The molecule has 0 spiro atoms. The Bertz CT molecular complexity index is 473. The number of benzene rings is 1. The Balaban J connectivity index is 2.66.